The second kappa shape index (κ2) is 9.05. The SMILES string of the molecule is CC1(C)CC(=O)c2cc(OCc3ccc(C(=O)NCc4ccccc4Cl)cc3)ccc2O1. The smallest absolute Gasteiger partial charge is 0.251 e. The third-order valence-electron chi connectivity index (χ3n) is 5.24. The van der Waals surface area contributed by atoms with Crippen LogP contribution in [-0.2, 0) is 13.2 Å². The number of benzene rings is 3. The summed E-state index contributed by atoms with van der Waals surface area (Å²) in [5.41, 5.74) is 2.39. The summed E-state index contributed by atoms with van der Waals surface area (Å²) >= 11 is 6.13. The van der Waals surface area contributed by atoms with Gasteiger partial charge in [-0.25, -0.2) is 0 Å². The Kier molecular flexibility index (Phi) is 6.19. The number of Topliss-reactive ketones (excluding diaryl/α,β-unsaturated/α-hetero) is 1. The van der Waals surface area contributed by atoms with Crippen LogP contribution in [0.15, 0.2) is 66.7 Å². The number of rotatable bonds is 6. The lowest BCUT2D eigenvalue weighted by Crippen LogP contribution is -2.35. The average Bonchev–Trinajstić information content (AvgIpc) is 2.77. The second-order valence-corrected chi connectivity index (χ2v) is 8.79. The van der Waals surface area contributed by atoms with Gasteiger partial charge in [0.1, 0.15) is 23.7 Å². The van der Waals surface area contributed by atoms with Gasteiger partial charge in [0.25, 0.3) is 5.91 Å². The van der Waals surface area contributed by atoms with Gasteiger partial charge in [-0.05, 0) is 61.4 Å². The third-order valence-corrected chi connectivity index (χ3v) is 5.61. The van der Waals surface area contributed by atoms with Crippen LogP contribution in [-0.4, -0.2) is 17.3 Å². The van der Waals surface area contributed by atoms with Crippen molar-refractivity contribution in [2.24, 2.45) is 0 Å². The minimum atomic E-state index is -0.492. The third kappa shape index (κ3) is 5.11. The summed E-state index contributed by atoms with van der Waals surface area (Å²) in [6.45, 7) is 4.49. The van der Waals surface area contributed by atoms with Gasteiger partial charge in [-0.1, -0.05) is 41.9 Å². The Bertz CT molecular complexity index is 1150. The molecule has 3 aromatic carbocycles. The summed E-state index contributed by atoms with van der Waals surface area (Å²) in [4.78, 5) is 24.8. The highest BCUT2D eigenvalue weighted by molar-refractivity contribution is 6.31. The fraction of sp³-hybridized carbons (Fsp3) is 0.231. The van der Waals surface area contributed by atoms with Crippen LogP contribution >= 0.6 is 11.6 Å². The Labute approximate surface area is 192 Å². The maximum atomic E-state index is 12.4. The molecule has 0 bridgehead atoms. The second-order valence-electron chi connectivity index (χ2n) is 8.38. The normalized spacial score (nSPS) is 14.3. The summed E-state index contributed by atoms with van der Waals surface area (Å²) in [5, 5.41) is 3.50. The summed E-state index contributed by atoms with van der Waals surface area (Å²) in [7, 11) is 0. The van der Waals surface area contributed by atoms with Gasteiger partial charge in [0, 0.05) is 17.1 Å². The molecule has 0 saturated heterocycles. The Morgan fingerprint density at radius 2 is 1.84 bits per heavy atom. The lowest BCUT2D eigenvalue weighted by molar-refractivity contribution is 0.0618. The molecule has 0 atom stereocenters. The molecule has 6 heteroatoms. The van der Waals surface area contributed by atoms with E-state index in [2.05, 4.69) is 5.32 Å². The highest BCUT2D eigenvalue weighted by atomic mass is 35.5. The largest absolute Gasteiger partial charge is 0.489 e. The van der Waals surface area contributed by atoms with Crippen molar-refractivity contribution in [1.29, 1.82) is 0 Å². The van der Waals surface area contributed by atoms with Gasteiger partial charge >= 0.3 is 0 Å². The molecule has 164 valence electrons. The Balaban J connectivity index is 1.34. The molecule has 0 aromatic heterocycles. The molecule has 0 radical (unpaired) electrons. The maximum Gasteiger partial charge on any atom is 0.251 e. The van der Waals surface area contributed by atoms with Crippen LogP contribution in [0.3, 0.4) is 0 Å². The lowest BCUT2D eigenvalue weighted by atomic mass is 9.93. The molecule has 0 unspecified atom stereocenters. The van der Waals surface area contributed by atoms with Crippen molar-refractivity contribution in [2.75, 3.05) is 0 Å². The van der Waals surface area contributed by atoms with Crippen LogP contribution in [0, 0.1) is 0 Å². The topological polar surface area (TPSA) is 64.6 Å². The molecule has 4 rings (SSSR count). The van der Waals surface area contributed by atoms with Gasteiger partial charge in [-0.15, -0.1) is 0 Å². The van der Waals surface area contributed by atoms with Crippen molar-refractivity contribution in [1.82, 2.24) is 5.32 Å². The van der Waals surface area contributed by atoms with E-state index in [1.54, 1.807) is 36.4 Å². The summed E-state index contributed by atoms with van der Waals surface area (Å²) in [5.74, 6) is 1.06. The molecule has 0 aliphatic carbocycles. The van der Waals surface area contributed by atoms with Crippen LogP contribution in [0.1, 0.15) is 52.1 Å². The Hall–Kier alpha value is -3.31. The monoisotopic (exact) mass is 449 g/mol. The van der Waals surface area contributed by atoms with Gasteiger partial charge < -0.3 is 14.8 Å². The molecule has 5 nitrogen and oxygen atoms in total. The molecule has 0 fully saturated rings. The van der Waals surface area contributed by atoms with Gasteiger partial charge in [0.05, 0.1) is 12.0 Å². The average molecular weight is 450 g/mol. The number of ether oxygens (including phenoxy) is 2. The molecule has 32 heavy (non-hydrogen) atoms. The maximum absolute atomic E-state index is 12.4. The van der Waals surface area contributed by atoms with Gasteiger partial charge in [0.15, 0.2) is 5.78 Å². The van der Waals surface area contributed by atoms with Gasteiger partial charge in [-0.2, -0.15) is 0 Å². The zero-order valence-electron chi connectivity index (χ0n) is 18.0. The van der Waals surface area contributed by atoms with Crippen molar-refractivity contribution in [3.63, 3.8) is 0 Å². The van der Waals surface area contributed by atoms with Crippen molar-refractivity contribution in [3.8, 4) is 11.5 Å². The van der Waals surface area contributed by atoms with Crippen LogP contribution in [0.2, 0.25) is 5.02 Å². The van der Waals surface area contributed by atoms with E-state index >= 15 is 0 Å². The predicted molar refractivity (Wildman–Crippen MR) is 123 cm³/mol. The lowest BCUT2D eigenvalue weighted by Gasteiger charge is -2.31. The van der Waals surface area contributed by atoms with E-state index in [9.17, 15) is 9.59 Å². The summed E-state index contributed by atoms with van der Waals surface area (Å²) < 4.78 is 11.7. The number of carbonyl (C=O) groups excluding carboxylic acids is 2. The minimum absolute atomic E-state index is 0.0499. The number of halogens is 1. The zero-order valence-corrected chi connectivity index (χ0v) is 18.7. The number of hydrogen-bond acceptors (Lipinski definition) is 4. The van der Waals surface area contributed by atoms with E-state index in [0.717, 1.165) is 11.1 Å². The first-order valence-electron chi connectivity index (χ1n) is 10.4. The number of hydrogen-bond donors (Lipinski definition) is 1. The van der Waals surface area contributed by atoms with Crippen molar-refractivity contribution in [3.05, 3.63) is 94.0 Å². The molecular weight excluding hydrogens is 426 g/mol. The molecule has 3 aromatic rings. The summed E-state index contributed by atoms with van der Waals surface area (Å²) in [6.07, 6.45) is 0.337. The van der Waals surface area contributed by atoms with Crippen molar-refractivity contribution >= 4 is 23.3 Å². The number of ketones is 1. The molecule has 1 amide bonds. The first kappa shape index (κ1) is 21.9. The van der Waals surface area contributed by atoms with Gasteiger partial charge in [0.2, 0.25) is 0 Å². The fourth-order valence-corrected chi connectivity index (χ4v) is 3.76. The van der Waals surface area contributed by atoms with Crippen LogP contribution in [0.5, 0.6) is 11.5 Å². The number of amides is 1. The van der Waals surface area contributed by atoms with Crippen LogP contribution in [0.25, 0.3) is 0 Å². The fourth-order valence-electron chi connectivity index (χ4n) is 3.56. The summed E-state index contributed by atoms with van der Waals surface area (Å²) in [6, 6.07) is 19.9. The van der Waals surface area contributed by atoms with Crippen LogP contribution in [0.4, 0.5) is 0 Å². The molecule has 0 spiro atoms. The van der Waals surface area contributed by atoms with E-state index in [0.29, 0.717) is 47.2 Å². The first-order chi connectivity index (χ1) is 15.3. The Morgan fingerprint density at radius 1 is 1.09 bits per heavy atom. The van der Waals surface area contributed by atoms with E-state index in [1.807, 2.05) is 44.2 Å². The minimum Gasteiger partial charge on any atom is -0.489 e. The zero-order chi connectivity index (χ0) is 22.7. The Morgan fingerprint density at radius 3 is 2.59 bits per heavy atom. The number of carbonyl (C=O) groups is 2. The van der Waals surface area contributed by atoms with E-state index in [1.165, 1.54) is 0 Å². The quantitative estimate of drug-likeness (QED) is 0.532. The molecule has 0 saturated carbocycles. The van der Waals surface area contributed by atoms with E-state index < -0.39 is 5.60 Å². The highest BCUT2D eigenvalue weighted by Crippen LogP contribution is 2.35. The molecular formula is C26H24ClNO4. The van der Waals surface area contributed by atoms with E-state index in [-0.39, 0.29) is 11.7 Å². The first-order valence-corrected chi connectivity index (χ1v) is 10.8. The van der Waals surface area contributed by atoms with Crippen molar-refractivity contribution < 1.29 is 19.1 Å². The molecule has 1 N–H and O–H groups in total. The number of fused-ring (bicyclic) bond motifs is 1. The molecule has 1 aliphatic heterocycles. The van der Waals surface area contributed by atoms with Crippen molar-refractivity contribution in [2.45, 2.75) is 39.0 Å². The van der Waals surface area contributed by atoms with Gasteiger partial charge in [-0.3, -0.25) is 9.59 Å². The molecule has 1 heterocycles. The standard InChI is InChI=1S/C26H24ClNO4/c1-26(2)14-23(29)21-13-20(11-12-24(21)32-26)31-16-17-7-9-18(10-8-17)25(30)28-15-19-5-3-4-6-22(19)27/h3-13H,14-16H2,1-2H3,(H,28,30). The van der Waals surface area contributed by atoms with E-state index in [4.69, 9.17) is 21.1 Å². The highest BCUT2D eigenvalue weighted by Gasteiger charge is 2.32. The molecule has 1 aliphatic rings. The predicted octanol–water partition coefficient (Wildman–Crippen LogP) is 5.59. The van der Waals surface area contributed by atoms with Crippen LogP contribution < -0.4 is 14.8 Å². The number of nitrogens with one attached hydrogen (secondary N) is 1.